The molecule has 0 aromatic heterocycles. The van der Waals surface area contributed by atoms with Gasteiger partial charge in [-0.25, -0.2) is 0 Å². The van der Waals surface area contributed by atoms with Crippen LogP contribution in [-0.2, 0) is 9.53 Å². The molecule has 0 radical (unpaired) electrons. The molecule has 1 fully saturated rings. The van der Waals surface area contributed by atoms with Crippen molar-refractivity contribution < 1.29 is 9.53 Å². The minimum atomic E-state index is -0.273. The molecular weight excluding hydrogens is 240 g/mol. The minimum absolute atomic E-state index is 0. The fourth-order valence-corrected chi connectivity index (χ4v) is 1.77. The maximum absolute atomic E-state index is 11.6. The Kier molecular flexibility index (Phi) is 7.75. The second kappa shape index (κ2) is 7.90. The Morgan fingerprint density at radius 1 is 1.53 bits per heavy atom. The Balaban J connectivity index is 0.00000256. The highest BCUT2D eigenvalue weighted by molar-refractivity contribution is 5.85. The van der Waals surface area contributed by atoms with Crippen molar-refractivity contribution in [3.63, 3.8) is 0 Å². The van der Waals surface area contributed by atoms with Gasteiger partial charge in [0, 0.05) is 20.1 Å². The molecule has 1 unspecified atom stereocenters. The van der Waals surface area contributed by atoms with Gasteiger partial charge in [0.2, 0.25) is 5.91 Å². The van der Waals surface area contributed by atoms with E-state index in [4.69, 9.17) is 4.74 Å². The average molecular weight is 265 g/mol. The quantitative estimate of drug-likeness (QED) is 0.761. The van der Waals surface area contributed by atoms with Crippen molar-refractivity contribution in [3.05, 3.63) is 0 Å². The number of carbonyl (C=O) groups excluding carboxylic acids is 1. The summed E-state index contributed by atoms with van der Waals surface area (Å²) in [6.45, 7) is 6.67. The molecule has 1 saturated heterocycles. The van der Waals surface area contributed by atoms with Gasteiger partial charge in [0.25, 0.3) is 0 Å². The highest BCUT2D eigenvalue weighted by Gasteiger charge is 2.19. The molecule has 0 bridgehead atoms. The Morgan fingerprint density at radius 2 is 2.24 bits per heavy atom. The van der Waals surface area contributed by atoms with E-state index in [1.165, 1.54) is 6.42 Å². The molecule has 17 heavy (non-hydrogen) atoms. The van der Waals surface area contributed by atoms with E-state index in [1.54, 1.807) is 7.11 Å². The highest BCUT2D eigenvalue weighted by Crippen LogP contribution is 2.14. The number of rotatable bonds is 6. The molecular formula is C12H25ClN2O2. The monoisotopic (exact) mass is 264 g/mol. The largest absolute Gasteiger partial charge is 0.377 e. The van der Waals surface area contributed by atoms with Crippen LogP contribution in [0.2, 0.25) is 0 Å². The number of hydrogen-bond donors (Lipinski definition) is 2. The second-order valence-electron chi connectivity index (χ2n) is 5.14. The van der Waals surface area contributed by atoms with Gasteiger partial charge in [0.05, 0.1) is 5.60 Å². The summed E-state index contributed by atoms with van der Waals surface area (Å²) in [6, 6.07) is 0. The van der Waals surface area contributed by atoms with Gasteiger partial charge < -0.3 is 15.4 Å². The molecule has 2 N–H and O–H groups in total. The molecule has 0 spiro atoms. The third-order valence-corrected chi connectivity index (χ3v) is 3.21. The summed E-state index contributed by atoms with van der Waals surface area (Å²) in [7, 11) is 1.66. The van der Waals surface area contributed by atoms with E-state index in [0.29, 0.717) is 18.9 Å². The van der Waals surface area contributed by atoms with Crippen LogP contribution in [0.25, 0.3) is 0 Å². The smallest absolute Gasteiger partial charge is 0.220 e. The van der Waals surface area contributed by atoms with Gasteiger partial charge in [-0.3, -0.25) is 4.79 Å². The Bertz CT molecular complexity index is 229. The van der Waals surface area contributed by atoms with Crippen LogP contribution in [0.4, 0.5) is 0 Å². The van der Waals surface area contributed by atoms with Crippen LogP contribution in [0.15, 0.2) is 0 Å². The van der Waals surface area contributed by atoms with E-state index in [9.17, 15) is 4.79 Å². The van der Waals surface area contributed by atoms with Crippen molar-refractivity contribution in [1.29, 1.82) is 0 Å². The Morgan fingerprint density at radius 3 is 2.76 bits per heavy atom. The first kappa shape index (κ1) is 16.7. The fraction of sp³-hybridized carbons (Fsp3) is 0.917. The fourth-order valence-electron chi connectivity index (χ4n) is 1.77. The van der Waals surface area contributed by atoms with Gasteiger partial charge in [0.1, 0.15) is 0 Å². The van der Waals surface area contributed by atoms with Gasteiger partial charge in [0.15, 0.2) is 0 Å². The molecule has 5 heteroatoms. The van der Waals surface area contributed by atoms with Crippen LogP contribution in [-0.4, -0.2) is 38.3 Å². The molecule has 1 atom stereocenters. The predicted molar refractivity (Wildman–Crippen MR) is 71.6 cm³/mol. The zero-order valence-electron chi connectivity index (χ0n) is 11.0. The number of methoxy groups -OCH3 is 1. The first-order chi connectivity index (χ1) is 7.53. The average Bonchev–Trinajstić information content (AvgIpc) is 2.76. The number of hydrogen-bond acceptors (Lipinski definition) is 3. The normalized spacial score (nSPS) is 19.8. The van der Waals surface area contributed by atoms with Gasteiger partial charge >= 0.3 is 0 Å². The Hall–Kier alpha value is -0.320. The topological polar surface area (TPSA) is 50.4 Å². The first-order valence-corrected chi connectivity index (χ1v) is 6.06. The maximum atomic E-state index is 11.6. The van der Waals surface area contributed by atoms with Gasteiger partial charge in [-0.05, 0) is 45.7 Å². The molecule has 102 valence electrons. The molecule has 4 nitrogen and oxygen atoms in total. The number of nitrogens with one attached hydrogen (secondary N) is 2. The third kappa shape index (κ3) is 6.86. The van der Waals surface area contributed by atoms with Crippen LogP contribution < -0.4 is 10.6 Å². The summed E-state index contributed by atoms with van der Waals surface area (Å²) in [5.74, 6) is 0.818. The lowest BCUT2D eigenvalue weighted by Crippen LogP contribution is -2.39. The number of ether oxygens (including phenoxy) is 1. The highest BCUT2D eigenvalue weighted by atomic mass is 35.5. The van der Waals surface area contributed by atoms with Gasteiger partial charge in [-0.15, -0.1) is 12.4 Å². The summed E-state index contributed by atoms with van der Waals surface area (Å²) in [5, 5.41) is 6.22. The summed E-state index contributed by atoms with van der Waals surface area (Å²) < 4.78 is 5.24. The van der Waals surface area contributed by atoms with Crippen molar-refractivity contribution in [2.45, 2.75) is 38.7 Å². The van der Waals surface area contributed by atoms with E-state index >= 15 is 0 Å². The van der Waals surface area contributed by atoms with E-state index < -0.39 is 0 Å². The van der Waals surface area contributed by atoms with Crippen LogP contribution in [0.3, 0.4) is 0 Å². The van der Waals surface area contributed by atoms with Crippen LogP contribution >= 0.6 is 12.4 Å². The number of halogens is 1. The molecule has 1 aliphatic heterocycles. The maximum Gasteiger partial charge on any atom is 0.220 e. The zero-order valence-corrected chi connectivity index (χ0v) is 11.9. The van der Waals surface area contributed by atoms with Crippen LogP contribution in [0, 0.1) is 5.92 Å². The molecule has 1 rings (SSSR count). The van der Waals surface area contributed by atoms with Crippen LogP contribution in [0.1, 0.15) is 33.1 Å². The van der Waals surface area contributed by atoms with Crippen molar-refractivity contribution in [2.75, 3.05) is 26.7 Å². The molecule has 0 aliphatic carbocycles. The van der Waals surface area contributed by atoms with E-state index in [-0.39, 0.29) is 23.9 Å². The lowest BCUT2D eigenvalue weighted by Gasteiger charge is -2.23. The SMILES string of the molecule is COC(C)(C)CNC(=O)CCC1CCNC1.Cl. The van der Waals surface area contributed by atoms with E-state index in [0.717, 1.165) is 19.5 Å². The minimum Gasteiger partial charge on any atom is -0.377 e. The van der Waals surface area contributed by atoms with E-state index in [1.807, 2.05) is 13.8 Å². The Labute approximate surface area is 110 Å². The van der Waals surface area contributed by atoms with Crippen LogP contribution in [0.5, 0.6) is 0 Å². The predicted octanol–water partition coefficient (Wildman–Crippen LogP) is 1.34. The molecule has 1 amide bonds. The molecule has 0 aromatic rings. The molecule has 0 saturated carbocycles. The van der Waals surface area contributed by atoms with Crippen molar-refractivity contribution in [1.82, 2.24) is 10.6 Å². The standard InChI is InChI=1S/C12H24N2O2.ClH/c1-12(2,16-3)9-14-11(15)5-4-10-6-7-13-8-10;/h10,13H,4-9H2,1-3H3,(H,14,15);1H. The summed E-state index contributed by atoms with van der Waals surface area (Å²) in [5.41, 5.74) is -0.273. The summed E-state index contributed by atoms with van der Waals surface area (Å²) >= 11 is 0. The van der Waals surface area contributed by atoms with Crippen molar-refractivity contribution in [3.8, 4) is 0 Å². The molecule has 0 aromatic carbocycles. The third-order valence-electron chi connectivity index (χ3n) is 3.21. The second-order valence-corrected chi connectivity index (χ2v) is 5.14. The van der Waals surface area contributed by atoms with Crippen molar-refractivity contribution in [2.24, 2.45) is 5.92 Å². The van der Waals surface area contributed by atoms with Gasteiger partial charge in [-0.1, -0.05) is 0 Å². The van der Waals surface area contributed by atoms with E-state index in [2.05, 4.69) is 10.6 Å². The lowest BCUT2D eigenvalue weighted by molar-refractivity contribution is -0.122. The van der Waals surface area contributed by atoms with Crippen molar-refractivity contribution >= 4 is 18.3 Å². The number of amides is 1. The molecule has 1 aliphatic rings. The number of carbonyl (C=O) groups is 1. The zero-order chi connectivity index (χ0) is 12.0. The van der Waals surface area contributed by atoms with Gasteiger partial charge in [-0.2, -0.15) is 0 Å². The first-order valence-electron chi connectivity index (χ1n) is 6.06. The molecule has 1 heterocycles. The summed E-state index contributed by atoms with van der Waals surface area (Å²) in [6.07, 6.45) is 2.83. The summed E-state index contributed by atoms with van der Waals surface area (Å²) in [4.78, 5) is 11.6. The lowest BCUT2D eigenvalue weighted by atomic mass is 10.0.